The molecule has 0 amide bonds. The van der Waals surface area contributed by atoms with E-state index in [2.05, 4.69) is 25.9 Å². The van der Waals surface area contributed by atoms with Crippen molar-refractivity contribution in [2.45, 2.75) is 39.5 Å². The van der Waals surface area contributed by atoms with Crippen molar-refractivity contribution in [2.24, 2.45) is 5.16 Å². The first kappa shape index (κ1) is 21.4. The number of carbonyl (C=O) groups is 1. The average Bonchev–Trinajstić information content (AvgIpc) is 3.13. The van der Waals surface area contributed by atoms with Gasteiger partial charge in [-0.3, -0.25) is 10.1 Å². The molecule has 0 saturated heterocycles. The molecule has 0 aromatic heterocycles. The van der Waals surface area contributed by atoms with Gasteiger partial charge in [-0.05, 0) is 76.4 Å². The Bertz CT molecular complexity index is 1250. The minimum Gasteiger partial charge on any atom is -0.313 e. The number of non-ortho nitro benzene ring substituents is 1. The minimum atomic E-state index is -0.509. The summed E-state index contributed by atoms with van der Waals surface area (Å²) in [5.74, 6) is -0.509. The Labute approximate surface area is 186 Å². The summed E-state index contributed by atoms with van der Waals surface area (Å²) in [6.07, 6.45) is 0.618. The lowest BCUT2D eigenvalue weighted by Gasteiger charge is -2.18. The Hall–Kier alpha value is -3.80. The number of benzene rings is 3. The molecule has 32 heavy (non-hydrogen) atoms. The summed E-state index contributed by atoms with van der Waals surface area (Å²) >= 11 is 0. The lowest BCUT2D eigenvalue weighted by Crippen LogP contribution is -2.11. The number of hydrogen-bond donors (Lipinski definition) is 0. The van der Waals surface area contributed by atoms with Crippen LogP contribution in [0.3, 0.4) is 0 Å². The lowest BCUT2D eigenvalue weighted by molar-refractivity contribution is -0.384. The maximum Gasteiger partial charge on any atom is 0.365 e. The molecule has 0 N–H and O–H groups in total. The third kappa shape index (κ3) is 4.17. The van der Waals surface area contributed by atoms with Gasteiger partial charge in [0.15, 0.2) is 0 Å². The molecule has 0 unspecified atom stereocenters. The third-order valence-corrected chi connectivity index (χ3v) is 5.75. The number of nitrogens with zero attached hydrogens (tertiary/aromatic N) is 2. The van der Waals surface area contributed by atoms with Crippen LogP contribution in [0.4, 0.5) is 5.69 Å². The number of oxime groups is 1. The predicted molar refractivity (Wildman–Crippen MR) is 124 cm³/mol. The zero-order valence-electron chi connectivity index (χ0n) is 18.5. The highest BCUT2D eigenvalue weighted by atomic mass is 16.7. The second kappa shape index (κ2) is 8.04. The number of nitro benzene ring substituents is 1. The summed E-state index contributed by atoms with van der Waals surface area (Å²) in [7, 11) is 0. The molecule has 0 heterocycles. The number of hydrogen-bond acceptors (Lipinski definition) is 5. The van der Waals surface area contributed by atoms with E-state index < -0.39 is 5.97 Å². The van der Waals surface area contributed by atoms with Gasteiger partial charge in [0.05, 0.1) is 16.2 Å². The molecule has 0 atom stereocenters. The van der Waals surface area contributed by atoms with Crippen LogP contribution in [0, 0.1) is 10.1 Å². The zero-order chi connectivity index (χ0) is 23.0. The van der Waals surface area contributed by atoms with Crippen LogP contribution >= 0.6 is 0 Å². The van der Waals surface area contributed by atoms with Crippen molar-refractivity contribution in [2.75, 3.05) is 0 Å². The molecule has 3 aromatic rings. The molecular formula is C26H24N2O4. The van der Waals surface area contributed by atoms with E-state index in [0.29, 0.717) is 17.7 Å². The fraction of sp³-hybridized carbons (Fsp3) is 0.231. The van der Waals surface area contributed by atoms with Crippen LogP contribution in [-0.2, 0) is 16.7 Å². The van der Waals surface area contributed by atoms with Crippen LogP contribution in [0.1, 0.15) is 60.3 Å². The SMILES string of the molecule is C/C(=N\OC(=O)c1ccc(C(C)(C)C)cc1)c1ccc2c(c1)Cc1cc([N+](=O)[O-])ccc1-2. The number of nitro groups is 1. The van der Waals surface area contributed by atoms with Crippen LogP contribution in [0.15, 0.2) is 65.8 Å². The van der Waals surface area contributed by atoms with Crippen LogP contribution in [0.5, 0.6) is 0 Å². The highest BCUT2D eigenvalue weighted by Crippen LogP contribution is 2.38. The largest absolute Gasteiger partial charge is 0.365 e. The monoisotopic (exact) mass is 428 g/mol. The van der Waals surface area contributed by atoms with E-state index >= 15 is 0 Å². The summed E-state index contributed by atoms with van der Waals surface area (Å²) in [5.41, 5.74) is 7.17. The van der Waals surface area contributed by atoms with Gasteiger partial charge in [0.25, 0.3) is 5.69 Å². The van der Waals surface area contributed by atoms with Crippen molar-refractivity contribution in [3.63, 3.8) is 0 Å². The first-order valence-corrected chi connectivity index (χ1v) is 10.4. The fourth-order valence-corrected chi connectivity index (χ4v) is 3.86. The molecule has 3 aromatic carbocycles. The molecule has 6 heteroatoms. The minimum absolute atomic E-state index is 0.00925. The van der Waals surface area contributed by atoms with Gasteiger partial charge in [0.2, 0.25) is 0 Å². The molecule has 0 radical (unpaired) electrons. The van der Waals surface area contributed by atoms with Crippen LogP contribution < -0.4 is 0 Å². The van der Waals surface area contributed by atoms with Crippen LogP contribution in [-0.4, -0.2) is 16.6 Å². The summed E-state index contributed by atoms with van der Waals surface area (Å²) < 4.78 is 0. The highest BCUT2D eigenvalue weighted by Gasteiger charge is 2.22. The molecule has 0 bridgehead atoms. The topological polar surface area (TPSA) is 81.8 Å². The van der Waals surface area contributed by atoms with E-state index in [4.69, 9.17) is 4.84 Å². The maximum atomic E-state index is 12.4. The zero-order valence-corrected chi connectivity index (χ0v) is 18.5. The smallest absolute Gasteiger partial charge is 0.313 e. The first-order valence-electron chi connectivity index (χ1n) is 10.4. The fourth-order valence-electron chi connectivity index (χ4n) is 3.86. The molecule has 1 aliphatic carbocycles. The van der Waals surface area contributed by atoms with Gasteiger partial charge in [0, 0.05) is 12.1 Å². The van der Waals surface area contributed by atoms with Gasteiger partial charge in [-0.15, -0.1) is 0 Å². The van der Waals surface area contributed by atoms with E-state index in [1.54, 1.807) is 31.2 Å². The quantitative estimate of drug-likeness (QED) is 0.172. The predicted octanol–water partition coefficient (Wildman–Crippen LogP) is 6.04. The van der Waals surface area contributed by atoms with Crippen molar-refractivity contribution < 1.29 is 14.6 Å². The summed E-state index contributed by atoms with van der Waals surface area (Å²) in [5, 5.41) is 15.1. The molecule has 4 rings (SSSR count). The van der Waals surface area contributed by atoms with Gasteiger partial charge >= 0.3 is 5.97 Å². The van der Waals surface area contributed by atoms with Crippen LogP contribution in [0.2, 0.25) is 0 Å². The summed E-state index contributed by atoms with van der Waals surface area (Å²) in [4.78, 5) is 28.2. The Kier molecular flexibility index (Phi) is 5.38. The molecule has 0 spiro atoms. The van der Waals surface area contributed by atoms with Crippen molar-refractivity contribution >= 4 is 17.4 Å². The average molecular weight is 428 g/mol. The van der Waals surface area contributed by atoms with Crippen molar-refractivity contribution in [3.05, 3.63) is 98.6 Å². The molecular weight excluding hydrogens is 404 g/mol. The molecule has 0 aliphatic heterocycles. The van der Waals surface area contributed by atoms with E-state index in [-0.39, 0.29) is 16.0 Å². The highest BCUT2D eigenvalue weighted by molar-refractivity contribution is 6.00. The third-order valence-electron chi connectivity index (χ3n) is 5.75. The van der Waals surface area contributed by atoms with E-state index in [1.165, 1.54) is 6.07 Å². The lowest BCUT2D eigenvalue weighted by atomic mass is 9.87. The Morgan fingerprint density at radius 2 is 1.53 bits per heavy atom. The van der Waals surface area contributed by atoms with E-state index in [1.807, 2.05) is 30.3 Å². The molecule has 0 fully saturated rings. The summed E-state index contributed by atoms with van der Waals surface area (Å²) in [6, 6.07) is 18.2. The second-order valence-corrected chi connectivity index (χ2v) is 9.03. The standard InChI is InChI=1S/C26H24N2O4/c1-16(27-32-25(29)17-5-8-21(9-6-17)26(2,3)4)18-7-11-23-19(13-18)14-20-15-22(28(30)31)10-12-24(20)23/h5-13,15H,14H2,1-4H3/b27-16+. The Morgan fingerprint density at radius 3 is 2.16 bits per heavy atom. The molecule has 1 aliphatic rings. The van der Waals surface area contributed by atoms with Crippen molar-refractivity contribution in [1.82, 2.24) is 0 Å². The normalized spacial score (nSPS) is 12.8. The van der Waals surface area contributed by atoms with E-state index in [9.17, 15) is 14.9 Å². The molecule has 162 valence electrons. The van der Waals surface area contributed by atoms with Gasteiger partial charge in [-0.1, -0.05) is 50.2 Å². The maximum absolute atomic E-state index is 12.4. The van der Waals surface area contributed by atoms with Crippen molar-refractivity contribution in [3.8, 4) is 11.1 Å². The van der Waals surface area contributed by atoms with Gasteiger partial charge in [-0.2, -0.15) is 0 Å². The second-order valence-electron chi connectivity index (χ2n) is 9.03. The van der Waals surface area contributed by atoms with Crippen LogP contribution in [0.25, 0.3) is 11.1 Å². The molecule has 6 nitrogen and oxygen atoms in total. The summed E-state index contributed by atoms with van der Waals surface area (Å²) in [6.45, 7) is 8.13. The van der Waals surface area contributed by atoms with Gasteiger partial charge in [-0.25, -0.2) is 4.79 Å². The first-order chi connectivity index (χ1) is 15.1. The molecule has 0 saturated carbocycles. The Balaban J connectivity index is 1.49. The van der Waals surface area contributed by atoms with Gasteiger partial charge in [0.1, 0.15) is 0 Å². The van der Waals surface area contributed by atoms with E-state index in [0.717, 1.165) is 33.4 Å². The van der Waals surface area contributed by atoms with Crippen molar-refractivity contribution in [1.29, 1.82) is 0 Å². The number of fused-ring (bicyclic) bond motifs is 3. The number of rotatable bonds is 4. The number of carbonyl (C=O) groups excluding carboxylic acids is 1. The van der Waals surface area contributed by atoms with Gasteiger partial charge < -0.3 is 4.84 Å². The Morgan fingerprint density at radius 1 is 0.938 bits per heavy atom.